The molecule has 6 heteroatoms. The summed E-state index contributed by atoms with van der Waals surface area (Å²) in [5.74, 6) is 0.924. The third-order valence-corrected chi connectivity index (χ3v) is 1.68. The first-order valence-electron chi connectivity index (χ1n) is 3.29. The number of hydrogen-bond acceptors (Lipinski definition) is 2. The van der Waals surface area contributed by atoms with Crippen molar-refractivity contribution in [2.45, 2.75) is 19.8 Å². The van der Waals surface area contributed by atoms with Gasteiger partial charge in [-0.15, -0.1) is 3.87 Å². The topological polar surface area (TPSA) is 80.4 Å². The Morgan fingerprint density at radius 3 is 2.50 bits per heavy atom. The zero-order valence-corrected chi connectivity index (χ0v) is 8.45. The van der Waals surface area contributed by atoms with E-state index in [4.69, 9.17) is 15.3 Å². The van der Waals surface area contributed by atoms with Gasteiger partial charge in [-0.3, -0.25) is 0 Å². The van der Waals surface area contributed by atoms with Gasteiger partial charge in [-0.1, -0.05) is 0 Å². The second kappa shape index (κ2) is 8.67. The average molecular weight is 213 g/mol. The molecule has 0 saturated carbocycles. The van der Waals surface area contributed by atoms with Crippen molar-refractivity contribution in [3.05, 3.63) is 0 Å². The average Bonchev–Trinajstić information content (AvgIpc) is 1.85. The van der Waals surface area contributed by atoms with Crippen LogP contribution in [0.4, 0.5) is 3.87 Å². The van der Waals surface area contributed by atoms with Crippen molar-refractivity contribution in [3.8, 4) is 0 Å². The van der Waals surface area contributed by atoms with E-state index in [1.807, 2.05) is 0 Å². The summed E-state index contributed by atoms with van der Waals surface area (Å²) < 4.78 is 4.70. The van der Waals surface area contributed by atoms with Crippen LogP contribution in [0.1, 0.15) is 19.8 Å². The van der Waals surface area contributed by atoms with E-state index in [0.717, 1.165) is 24.2 Å². The van der Waals surface area contributed by atoms with Crippen molar-refractivity contribution in [3.63, 3.8) is 0 Å². The largest absolute Gasteiger partial charge is 1.00 e. The minimum atomic E-state index is -0.0437. The molecule has 4 nitrogen and oxygen atoms in total. The Balaban J connectivity index is 0. The zero-order chi connectivity index (χ0) is 8.69. The van der Waals surface area contributed by atoms with Crippen LogP contribution in [-0.4, -0.2) is 17.6 Å². The summed E-state index contributed by atoms with van der Waals surface area (Å²) in [6.07, 6.45) is 1.38. The molecule has 0 unspecified atom stereocenters. The van der Waals surface area contributed by atoms with Crippen LogP contribution < -0.4 is 23.9 Å². The molecule has 72 valence electrons. The fraction of sp³-hybridized carbons (Fsp3) is 0.667. The van der Waals surface area contributed by atoms with E-state index in [1.54, 1.807) is 6.92 Å². The van der Waals surface area contributed by atoms with Crippen LogP contribution in [0.2, 0.25) is 0 Å². The van der Waals surface area contributed by atoms with Gasteiger partial charge >= 0.3 is 18.1 Å². The number of Topliss-reactive ketones (excluding diaryl/α,β-unsaturated/α-hetero) is 1. The maximum atomic E-state index is 10.4. The highest BCUT2D eigenvalue weighted by molar-refractivity contribution is 7.93. The third-order valence-electron chi connectivity index (χ3n) is 0.912. The number of halogens is 1. The van der Waals surface area contributed by atoms with Crippen molar-refractivity contribution >= 4 is 23.9 Å². The van der Waals surface area contributed by atoms with E-state index in [0.29, 0.717) is 6.42 Å². The lowest BCUT2D eigenvalue weighted by Gasteiger charge is -1.86. The van der Waals surface area contributed by atoms with E-state index in [1.165, 1.54) is 0 Å². The lowest BCUT2D eigenvalue weighted by atomic mass is 10.3. The Morgan fingerprint density at radius 2 is 2.08 bits per heavy atom. The van der Waals surface area contributed by atoms with Gasteiger partial charge in [0.05, 0.1) is 5.75 Å². The van der Waals surface area contributed by atoms with Crippen molar-refractivity contribution in [2.24, 2.45) is 11.5 Å². The lowest BCUT2D eigenvalue weighted by molar-refractivity contribution is -0.117. The predicted molar refractivity (Wildman–Crippen MR) is 46.1 cm³/mol. The molecule has 0 heterocycles. The van der Waals surface area contributed by atoms with Gasteiger partial charge < -0.3 is 28.7 Å². The molecule has 0 aromatic rings. The summed E-state index contributed by atoms with van der Waals surface area (Å²) in [7, 11) is 0. The Hall–Kier alpha value is -0.420. The maximum Gasteiger partial charge on any atom is 0.514 e. The smallest absolute Gasteiger partial charge is 0.514 e. The summed E-state index contributed by atoms with van der Waals surface area (Å²) in [6.45, 7) is 1.56. The van der Waals surface area contributed by atoms with Gasteiger partial charge in [-0.05, 0) is 13.3 Å². The molecule has 0 rings (SSSR count). The molecule has 0 aromatic carbocycles. The van der Waals surface area contributed by atoms with Gasteiger partial charge in [-0.25, -0.2) is 0 Å². The molecule has 0 radical (unpaired) electrons. The number of amides is 2. The number of urea groups is 1. The Kier molecular flexibility index (Phi) is 10.2. The fourth-order valence-electron chi connectivity index (χ4n) is 0.490. The predicted octanol–water partition coefficient (Wildman–Crippen LogP) is -2.42. The van der Waals surface area contributed by atoms with Gasteiger partial charge in [0.25, 0.3) is 0 Å². The zero-order valence-electron chi connectivity index (χ0n) is 6.88. The molecule has 0 fully saturated rings. The molecule has 0 spiro atoms. The Labute approximate surface area is 82.4 Å². The second-order valence-corrected chi connectivity index (χ2v) is 2.92. The quantitative estimate of drug-likeness (QED) is 0.302. The van der Waals surface area contributed by atoms with Gasteiger partial charge in [-0.2, -0.15) is 0 Å². The summed E-state index contributed by atoms with van der Waals surface area (Å²) in [5.41, 5.74) is 10.0. The molecule has 4 N–H and O–H groups in total. The van der Waals surface area contributed by atoms with Gasteiger partial charge in [0.15, 0.2) is 0 Å². The number of hydrogen-bond donors (Lipinski definition) is 2. The Morgan fingerprint density at radius 1 is 1.50 bits per heavy atom. The summed E-state index contributed by atoms with van der Waals surface area (Å²) in [6, 6.07) is -0.0437. The molecule has 0 aromatic heterocycles. The van der Waals surface area contributed by atoms with E-state index in [2.05, 4.69) is 0 Å². The van der Waals surface area contributed by atoms with Crippen molar-refractivity contribution in [1.82, 2.24) is 0 Å². The number of primary amides is 2. The molecule has 2 amide bonds. The summed E-state index contributed by atoms with van der Waals surface area (Å²) in [4.78, 5) is 10.4. The van der Waals surface area contributed by atoms with Crippen LogP contribution in [0.5, 0.6) is 0 Å². The highest BCUT2D eigenvalue weighted by Crippen LogP contribution is 2.10. The minimum Gasteiger partial charge on any atom is -1.00 e. The van der Waals surface area contributed by atoms with Crippen LogP contribution >= 0.6 is 12.0 Å². The number of ketones is 1. The number of carbonyl (C=O) groups is 1. The van der Waals surface area contributed by atoms with Crippen LogP contribution in [-0.2, 0) is 4.79 Å². The molecule has 0 bridgehead atoms. The highest BCUT2D eigenvalue weighted by atomic mass is 35.5. The number of carbonyl (C=O) groups excluding carboxylic acids is 2. The molecule has 0 aliphatic heterocycles. The fourth-order valence-corrected chi connectivity index (χ4v) is 0.971. The van der Waals surface area contributed by atoms with E-state index in [9.17, 15) is 4.79 Å². The SMILES string of the molecule is CC(=O)CCCS[O+]=C(N)N.[Cl-]. The second-order valence-electron chi connectivity index (χ2n) is 2.11. The van der Waals surface area contributed by atoms with Crippen LogP contribution in [0, 0.1) is 0 Å². The molecule has 0 aliphatic carbocycles. The van der Waals surface area contributed by atoms with Gasteiger partial charge in [0, 0.05) is 6.42 Å². The van der Waals surface area contributed by atoms with Crippen molar-refractivity contribution in [2.75, 3.05) is 5.75 Å². The van der Waals surface area contributed by atoms with Crippen molar-refractivity contribution < 1.29 is 21.1 Å². The molecule has 0 saturated heterocycles. The van der Waals surface area contributed by atoms with Crippen LogP contribution in [0.3, 0.4) is 0 Å². The first-order valence-corrected chi connectivity index (χ1v) is 4.21. The van der Waals surface area contributed by atoms with E-state index >= 15 is 0 Å². The third kappa shape index (κ3) is 12.3. The van der Waals surface area contributed by atoms with Crippen molar-refractivity contribution in [1.29, 1.82) is 0 Å². The molecule has 0 aliphatic rings. The van der Waals surface area contributed by atoms with Crippen LogP contribution in [0.25, 0.3) is 0 Å². The van der Waals surface area contributed by atoms with E-state index < -0.39 is 0 Å². The highest BCUT2D eigenvalue weighted by Gasteiger charge is 2.02. The van der Waals surface area contributed by atoms with Gasteiger partial charge in [0.1, 0.15) is 5.78 Å². The molecular weight excluding hydrogens is 200 g/mol. The summed E-state index contributed by atoms with van der Waals surface area (Å²) >= 11 is 1.16. The molecule has 0 atom stereocenters. The summed E-state index contributed by atoms with van der Waals surface area (Å²) in [5, 5.41) is 0. The normalized spacial score (nSPS) is 8.42. The Bertz CT molecular complexity index is 160. The number of nitrogens with two attached hydrogens (primary N) is 2. The monoisotopic (exact) mass is 212 g/mol. The molecular formula is C6H13ClN2O2S. The van der Waals surface area contributed by atoms with E-state index in [-0.39, 0.29) is 24.2 Å². The lowest BCUT2D eigenvalue weighted by Crippen LogP contribution is -3.00. The maximum absolute atomic E-state index is 10.4. The first kappa shape index (κ1) is 14.1. The van der Waals surface area contributed by atoms with Gasteiger partial charge in [0.2, 0.25) is 0 Å². The van der Waals surface area contributed by atoms with Crippen LogP contribution in [0.15, 0.2) is 0 Å². The standard InChI is InChI=1S/C6H13N2O2S.ClH/c1-5(9)3-2-4-11-10-6(7)8;/h2-4,7-8H2,1H3;1H/q+1;/p-1. The minimum absolute atomic E-state index is 0. The molecule has 12 heavy (non-hydrogen) atoms. The number of rotatable bonds is 5. The first-order chi connectivity index (χ1) is 5.13.